The number of rotatable bonds is 5. The molecule has 164 valence electrons. The van der Waals surface area contributed by atoms with Crippen LogP contribution in [0.4, 0.5) is 11.4 Å². The maximum Gasteiger partial charge on any atom is 0.326 e. The number of amides is 1. The van der Waals surface area contributed by atoms with Crippen LogP contribution in [0.5, 0.6) is 0 Å². The molecule has 10 heteroatoms. The Labute approximate surface area is 182 Å². The lowest BCUT2D eigenvalue weighted by Gasteiger charge is -2.29. The molecule has 3 aromatic rings. The van der Waals surface area contributed by atoms with E-state index in [4.69, 9.17) is 4.74 Å². The Hall–Kier alpha value is -4.08. The molecule has 0 unspecified atom stereocenters. The summed E-state index contributed by atoms with van der Waals surface area (Å²) in [6.07, 6.45) is 2.55. The van der Waals surface area contributed by atoms with Crippen LogP contribution in [0, 0.1) is 17.0 Å². The number of nitro groups is 1. The number of hydrogen-bond acceptors (Lipinski definition) is 7. The summed E-state index contributed by atoms with van der Waals surface area (Å²) in [6.45, 7) is 1.40. The molecule has 1 amide bonds. The second kappa shape index (κ2) is 8.58. The summed E-state index contributed by atoms with van der Waals surface area (Å²) in [4.78, 5) is 53.7. The van der Waals surface area contributed by atoms with Crippen molar-refractivity contribution in [1.82, 2.24) is 9.55 Å². The highest BCUT2D eigenvalue weighted by Gasteiger charge is 2.25. The molecule has 10 nitrogen and oxygen atoms in total. The predicted octanol–water partition coefficient (Wildman–Crippen LogP) is 2.14. The van der Waals surface area contributed by atoms with Crippen LogP contribution in [-0.2, 0) is 27.3 Å². The summed E-state index contributed by atoms with van der Waals surface area (Å²) in [5, 5.41) is 11.4. The van der Waals surface area contributed by atoms with Gasteiger partial charge in [-0.25, -0.2) is 4.98 Å². The van der Waals surface area contributed by atoms with E-state index in [9.17, 15) is 24.5 Å². The zero-order valence-corrected chi connectivity index (χ0v) is 17.3. The monoisotopic (exact) mass is 436 g/mol. The van der Waals surface area contributed by atoms with Gasteiger partial charge in [-0.2, -0.15) is 0 Å². The number of carbonyl (C=O) groups is 2. The van der Waals surface area contributed by atoms with Crippen molar-refractivity contribution >= 4 is 34.2 Å². The van der Waals surface area contributed by atoms with E-state index in [-0.39, 0.29) is 17.8 Å². The van der Waals surface area contributed by atoms with Crippen LogP contribution < -0.4 is 10.5 Å². The van der Waals surface area contributed by atoms with E-state index in [0.717, 1.165) is 10.1 Å². The molecular formula is C22H20N4O6. The quantitative estimate of drug-likeness (QED) is 0.341. The molecule has 1 aliphatic rings. The number of fused-ring (bicyclic) bond motifs is 2. The first-order chi connectivity index (χ1) is 15.3. The number of anilines is 1. The van der Waals surface area contributed by atoms with Crippen LogP contribution in [0.15, 0.2) is 47.5 Å². The fourth-order valence-electron chi connectivity index (χ4n) is 3.81. The van der Waals surface area contributed by atoms with Crippen molar-refractivity contribution in [3.8, 4) is 0 Å². The minimum absolute atomic E-state index is 0.0332. The van der Waals surface area contributed by atoms with Gasteiger partial charge in [-0.3, -0.25) is 29.1 Å². The van der Waals surface area contributed by atoms with Gasteiger partial charge in [0.25, 0.3) is 17.2 Å². The second-order valence-corrected chi connectivity index (χ2v) is 7.53. The Morgan fingerprint density at radius 1 is 1.25 bits per heavy atom. The molecule has 0 atom stereocenters. The van der Waals surface area contributed by atoms with Crippen molar-refractivity contribution in [1.29, 1.82) is 0 Å². The van der Waals surface area contributed by atoms with E-state index in [2.05, 4.69) is 4.98 Å². The third-order valence-electron chi connectivity index (χ3n) is 5.40. The highest BCUT2D eigenvalue weighted by molar-refractivity contribution is 5.96. The molecule has 0 spiro atoms. The van der Waals surface area contributed by atoms with Crippen LogP contribution in [0.1, 0.15) is 17.5 Å². The molecule has 0 bridgehead atoms. The zero-order valence-electron chi connectivity index (χ0n) is 17.3. The fraction of sp³-hybridized carbons (Fsp3) is 0.273. The number of aromatic nitrogens is 2. The van der Waals surface area contributed by atoms with Crippen LogP contribution in [0.3, 0.4) is 0 Å². The van der Waals surface area contributed by atoms with E-state index in [0.29, 0.717) is 41.5 Å². The average molecular weight is 436 g/mol. The van der Waals surface area contributed by atoms with Gasteiger partial charge in [-0.05, 0) is 43.0 Å². The highest BCUT2D eigenvalue weighted by atomic mass is 16.6. The van der Waals surface area contributed by atoms with Crippen molar-refractivity contribution < 1.29 is 19.2 Å². The van der Waals surface area contributed by atoms with E-state index in [1.54, 1.807) is 12.1 Å². The van der Waals surface area contributed by atoms with Crippen LogP contribution in [0.25, 0.3) is 10.9 Å². The fourth-order valence-corrected chi connectivity index (χ4v) is 3.81. The Bertz CT molecular complexity index is 1300. The van der Waals surface area contributed by atoms with E-state index >= 15 is 0 Å². The number of aryl methyl sites for hydroxylation is 2. The molecule has 0 aliphatic carbocycles. The van der Waals surface area contributed by atoms with Crippen LogP contribution in [-0.4, -0.2) is 39.5 Å². The van der Waals surface area contributed by atoms with Crippen molar-refractivity contribution in [2.24, 2.45) is 0 Å². The molecule has 1 aliphatic heterocycles. The Morgan fingerprint density at radius 3 is 2.84 bits per heavy atom. The number of hydrogen-bond donors (Lipinski definition) is 0. The molecule has 32 heavy (non-hydrogen) atoms. The van der Waals surface area contributed by atoms with E-state index in [1.165, 1.54) is 29.4 Å². The summed E-state index contributed by atoms with van der Waals surface area (Å²) in [7, 11) is 0. The predicted molar refractivity (Wildman–Crippen MR) is 115 cm³/mol. The molecule has 2 aromatic carbocycles. The average Bonchev–Trinajstić information content (AvgIpc) is 2.79. The molecule has 0 fully saturated rings. The van der Waals surface area contributed by atoms with E-state index < -0.39 is 23.4 Å². The number of non-ortho nitro benzene ring substituents is 1. The van der Waals surface area contributed by atoms with Crippen molar-refractivity contribution in [3.63, 3.8) is 0 Å². The number of para-hydroxylation sites is 1. The number of nitro benzene ring substituents is 1. The van der Waals surface area contributed by atoms with Gasteiger partial charge in [-0.1, -0.05) is 12.1 Å². The van der Waals surface area contributed by atoms with E-state index in [1.807, 2.05) is 13.0 Å². The normalized spacial score (nSPS) is 13.0. The number of nitrogens with zero attached hydrogens (tertiary/aromatic N) is 4. The lowest BCUT2D eigenvalue weighted by molar-refractivity contribution is -0.384. The van der Waals surface area contributed by atoms with Gasteiger partial charge in [0.2, 0.25) is 0 Å². The lowest BCUT2D eigenvalue weighted by atomic mass is 10.0. The standard InChI is InChI=1S/C22H20N4O6/c1-14-4-2-6-17-21(14)23-13-24(22(17)29)11-20(28)32-12-19(27)25-9-3-5-15-10-16(26(30)31)7-8-18(15)25/h2,4,6-8,10,13H,3,5,9,11-12H2,1H3. The van der Waals surface area contributed by atoms with Gasteiger partial charge in [0.1, 0.15) is 6.54 Å². The SMILES string of the molecule is Cc1cccc2c(=O)n(CC(=O)OCC(=O)N3CCCc4cc([N+](=O)[O-])ccc43)cnc12. The molecular weight excluding hydrogens is 416 g/mol. The van der Waals surface area contributed by atoms with Crippen LogP contribution >= 0.6 is 0 Å². The second-order valence-electron chi connectivity index (χ2n) is 7.53. The van der Waals surface area contributed by atoms with Gasteiger partial charge in [-0.15, -0.1) is 0 Å². The molecule has 0 N–H and O–H groups in total. The summed E-state index contributed by atoms with van der Waals surface area (Å²) < 4.78 is 6.25. The summed E-state index contributed by atoms with van der Waals surface area (Å²) >= 11 is 0. The minimum Gasteiger partial charge on any atom is -0.454 e. The Morgan fingerprint density at radius 2 is 2.06 bits per heavy atom. The molecule has 0 saturated heterocycles. The molecule has 4 rings (SSSR count). The van der Waals surface area contributed by atoms with Gasteiger partial charge in [0.05, 0.1) is 22.2 Å². The zero-order chi connectivity index (χ0) is 22.8. The van der Waals surface area contributed by atoms with Crippen molar-refractivity contribution in [3.05, 3.63) is 74.3 Å². The Balaban J connectivity index is 1.43. The highest BCUT2D eigenvalue weighted by Crippen LogP contribution is 2.30. The van der Waals surface area contributed by atoms with Crippen LogP contribution in [0.2, 0.25) is 0 Å². The summed E-state index contributed by atoms with van der Waals surface area (Å²) in [6, 6.07) is 9.57. The first-order valence-corrected chi connectivity index (χ1v) is 10.0. The van der Waals surface area contributed by atoms with Gasteiger partial charge < -0.3 is 9.64 Å². The molecule has 2 heterocycles. The maximum atomic E-state index is 12.6. The summed E-state index contributed by atoms with van der Waals surface area (Å²) in [5.74, 6) is -1.18. The van der Waals surface area contributed by atoms with Crippen molar-refractivity contribution in [2.45, 2.75) is 26.3 Å². The number of esters is 1. The molecule has 0 radical (unpaired) electrons. The number of ether oxygens (including phenoxy) is 1. The van der Waals surface area contributed by atoms with Gasteiger partial charge >= 0.3 is 5.97 Å². The first-order valence-electron chi connectivity index (χ1n) is 10.0. The third-order valence-corrected chi connectivity index (χ3v) is 5.40. The van der Waals surface area contributed by atoms with Gasteiger partial charge in [0, 0.05) is 24.4 Å². The smallest absolute Gasteiger partial charge is 0.326 e. The number of carbonyl (C=O) groups excluding carboxylic acids is 2. The van der Waals surface area contributed by atoms with Crippen molar-refractivity contribution in [2.75, 3.05) is 18.1 Å². The lowest BCUT2D eigenvalue weighted by Crippen LogP contribution is -2.38. The summed E-state index contributed by atoms with van der Waals surface area (Å²) in [5.41, 5.74) is 2.30. The first kappa shape index (κ1) is 21.2. The molecule has 0 saturated carbocycles. The minimum atomic E-state index is -0.741. The maximum absolute atomic E-state index is 12.6. The topological polar surface area (TPSA) is 125 Å². The number of benzene rings is 2. The third kappa shape index (κ3) is 4.07. The largest absolute Gasteiger partial charge is 0.454 e. The van der Waals surface area contributed by atoms with Gasteiger partial charge in [0.15, 0.2) is 6.61 Å². The Kier molecular flexibility index (Phi) is 5.67. The molecule has 1 aromatic heterocycles.